The van der Waals surface area contributed by atoms with Crippen molar-refractivity contribution in [2.75, 3.05) is 33.4 Å². The third-order valence-corrected chi connectivity index (χ3v) is 4.41. The quantitative estimate of drug-likeness (QED) is 0.772. The van der Waals surface area contributed by atoms with Gasteiger partial charge < -0.3 is 24.8 Å². The topological polar surface area (TPSA) is 88.1 Å². The summed E-state index contributed by atoms with van der Waals surface area (Å²) in [4.78, 5) is 24.2. The maximum Gasteiger partial charge on any atom is 0.394 e. The minimum atomic E-state index is -4.67. The van der Waals surface area contributed by atoms with Crippen LogP contribution in [0, 0.1) is 11.8 Å². The van der Waals surface area contributed by atoms with Gasteiger partial charge in [-0.25, -0.2) is 4.79 Å². The number of methoxy groups -OCH3 is 1. The Morgan fingerprint density at radius 2 is 2.12 bits per heavy atom. The fraction of sp³-hybridized carbons (Fsp3) is 0.857. The number of aliphatic carboxylic acids is 1. The molecule has 2 aliphatic rings. The highest BCUT2D eigenvalue weighted by Crippen LogP contribution is 2.37. The van der Waals surface area contributed by atoms with Crippen LogP contribution in [0.2, 0.25) is 0 Å². The van der Waals surface area contributed by atoms with Gasteiger partial charge in [0.15, 0.2) is 0 Å². The molecule has 2 unspecified atom stereocenters. The highest BCUT2D eigenvalue weighted by molar-refractivity contribution is 5.78. The van der Waals surface area contributed by atoms with Gasteiger partial charge in [0.1, 0.15) is 0 Å². The van der Waals surface area contributed by atoms with E-state index in [4.69, 9.17) is 14.6 Å². The molecule has 2 heterocycles. The van der Waals surface area contributed by atoms with Crippen molar-refractivity contribution < 1.29 is 37.3 Å². The summed E-state index contributed by atoms with van der Waals surface area (Å²) in [5.74, 6) is -5.27. The van der Waals surface area contributed by atoms with Gasteiger partial charge in [-0.2, -0.15) is 13.2 Å². The van der Waals surface area contributed by atoms with E-state index in [2.05, 4.69) is 5.32 Å². The number of halogens is 3. The molecule has 0 aromatic carbocycles. The molecule has 2 aliphatic heterocycles. The van der Waals surface area contributed by atoms with Crippen molar-refractivity contribution in [3.63, 3.8) is 0 Å². The summed E-state index contributed by atoms with van der Waals surface area (Å²) >= 11 is 0. The van der Waals surface area contributed by atoms with Gasteiger partial charge in [-0.05, 0) is 12.8 Å². The molecule has 2 saturated heterocycles. The minimum Gasteiger partial charge on any atom is -0.481 e. The van der Waals surface area contributed by atoms with Gasteiger partial charge in [-0.15, -0.1) is 0 Å². The molecule has 0 aliphatic carbocycles. The maximum atomic E-state index is 13.0. The van der Waals surface area contributed by atoms with Crippen molar-refractivity contribution in [1.82, 2.24) is 10.2 Å². The zero-order valence-corrected chi connectivity index (χ0v) is 13.2. The maximum absolute atomic E-state index is 13.0. The van der Waals surface area contributed by atoms with Crippen LogP contribution >= 0.6 is 0 Å². The normalized spacial score (nSPS) is 28.8. The molecular weight excluding hydrogens is 333 g/mol. The van der Waals surface area contributed by atoms with Gasteiger partial charge in [0.25, 0.3) is 0 Å². The second-order valence-corrected chi connectivity index (χ2v) is 6.06. The average molecular weight is 354 g/mol. The van der Waals surface area contributed by atoms with E-state index in [9.17, 15) is 22.8 Å². The van der Waals surface area contributed by atoms with E-state index in [0.29, 0.717) is 6.61 Å². The molecule has 0 bridgehead atoms. The number of rotatable bonds is 5. The summed E-state index contributed by atoms with van der Waals surface area (Å²) in [6.07, 6.45) is -3.37. The molecule has 24 heavy (non-hydrogen) atoms. The van der Waals surface area contributed by atoms with E-state index >= 15 is 0 Å². The first kappa shape index (κ1) is 18.8. The Morgan fingerprint density at radius 3 is 2.58 bits per heavy atom. The number of ether oxygens (including phenoxy) is 2. The number of carboxylic acid groups (broad SMARTS) is 1. The van der Waals surface area contributed by atoms with Crippen LogP contribution in [0.25, 0.3) is 0 Å². The lowest BCUT2D eigenvalue weighted by molar-refractivity contribution is -0.187. The highest BCUT2D eigenvalue weighted by atomic mass is 19.4. The fourth-order valence-corrected chi connectivity index (χ4v) is 3.14. The number of likely N-dealkylation sites (tertiary alicyclic amines) is 1. The smallest absolute Gasteiger partial charge is 0.394 e. The van der Waals surface area contributed by atoms with E-state index in [0.717, 1.165) is 17.7 Å². The fourth-order valence-electron chi connectivity index (χ4n) is 3.14. The highest BCUT2D eigenvalue weighted by Gasteiger charge is 2.53. The van der Waals surface area contributed by atoms with Crippen molar-refractivity contribution in [1.29, 1.82) is 0 Å². The van der Waals surface area contributed by atoms with Gasteiger partial charge >= 0.3 is 18.2 Å². The lowest BCUT2D eigenvalue weighted by atomic mass is 9.96. The third kappa shape index (κ3) is 4.29. The Labute approximate surface area is 137 Å². The average Bonchev–Trinajstić information content (AvgIpc) is 3.15. The molecule has 2 fully saturated rings. The van der Waals surface area contributed by atoms with Crippen LogP contribution in [0.1, 0.15) is 12.8 Å². The first-order chi connectivity index (χ1) is 11.2. The molecule has 0 radical (unpaired) electrons. The number of carboxylic acids is 1. The summed E-state index contributed by atoms with van der Waals surface area (Å²) in [6.45, 7) is -0.425. The minimum absolute atomic E-state index is 0.162. The first-order valence-electron chi connectivity index (χ1n) is 7.69. The molecule has 0 aromatic rings. The van der Waals surface area contributed by atoms with Crippen LogP contribution in [0.3, 0.4) is 0 Å². The zero-order valence-electron chi connectivity index (χ0n) is 13.2. The summed E-state index contributed by atoms with van der Waals surface area (Å²) < 4.78 is 49.4. The second-order valence-electron chi connectivity index (χ2n) is 6.06. The Balaban J connectivity index is 2.02. The van der Waals surface area contributed by atoms with Gasteiger partial charge in [0.2, 0.25) is 0 Å². The van der Waals surface area contributed by atoms with Crippen molar-refractivity contribution in [2.45, 2.75) is 31.2 Å². The molecule has 2 rings (SSSR count). The van der Waals surface area contributed by atoms with E-state index in [1.165, 1.54) is 7.11 Å². The molecule has 2 amide bonds. The Hall–Kier alpha value is -1.55. The van der Waals surface area contributed by atoms with E-state index in [-0.39, 0.29) is 12.7 Å². The standard InChI is InChI=1S/C14H21F3N2O5/c1-23-7-10(11-3-2-4-24-11)18-13(22)19-5-8(12(20)21)9(6-19)14(15,16)17/h8-11H,2-7H2,1H3,(H,18,22)(H,20,21)/t8-,9-,10?,11?/m1/s1. The number of carbonyl (C=O) groups excluding carboxylic acids is 1. The molecule has 2 N–H and O–H groups in total. The molecular formula is C14H21F3N2O5. The first-order valence-corrected chi connectivity index (χ1v) is 7.69. The van der Waals surface area contributed by atoms with E-state index in [1.54, 1.807) is 0 Å². The van der Waals surface area contributed by atoms with Gasteiger partial charge in [-0.1, -0.05) is 0 Å². The predicted molar refractivity (Wildman–Crippen MR) is 75.4 cm³/mol. The van der Waals surface area contributed by atoms with Gasteiger partial charge in [0, 0.05) is 26.8 Å². The molecule has 0 aromatic heterocycles. The Kier molecular flexibility index (Phi) is 5.92. The van der Waals surface area contributed by atoms with Crippen LogP contribution in [0.15, 0.2) is 0 Å². The van der Waals surface area contributed by atoms with Crippen molar-refractivity contribution in [2.24, 2.45) is 11.8 Å². The van der Waals surface area contributed by atoms with E-state index in [1.807, 2.05) is 0 Å². The van der Waals surface area contributed by atoms with Crippen LogP contribution in [-0.4, -0.2) is 73.7 Å². The number of nitrogens with zero attached hydrogens (tertiary/aromatic N) is 1. The van der Waals surface area contributed by atoms with Crippen molar-refractivity contribution in [3.8, 4) is 0 Å². The van der Waals surface area contributed by atoms with Crippen molar-refractivity contribution >= 4 is 12.0 Å². The lowest BCUT2D eigenvalue weighted by Gasteiger charge is -2.26. The number of hydrogen-bond acceptors (Lipinski definition) is 4. The number of amides is 2. The lowest BCUT2D eigenvalue weighted by Crippen LogP contribution is -2.51. The van der Waals surface area contributed by atoms with Crippen LogP contribution in [-0.2, 0) is 14.3 Å². The second kappa shape index (κ2) is 7.56. The summed E-state index contributed by atoms with van der Waals surface area (Å²) in [5, 5.41) is 11.6. The van der Waals surface area contributed by atoms with Crippen LogP contribution in [0.4, 0.5) is 18.0 Å². The molecule has 138 valence electrons. The summed E-state index contributed by atoms with van der Waals surface area (Å²) in [7, 11) is 1.45. The number of urea groups is 1. The third-order valence-electron chi connectivity index (χ3n) is 4.41. The number of hydrogen-bond donors (Lipinski definition) is 2. The van der Waals surface area contributed by atoms with E-state index < -0.39 is 49.1 Å². The predicted octanol–water partition coefficient (Wildman–Crippen LogP) is 1.08. The number of alkyl halides is 3. The molecule has 4 atom stereocenters. The summed E-state index contributed by atoms with van der Waals surface area (Å²) in [5.41, 5.74) is 0. The van der Waals surface area contributed by atoms with Crippen LogP contribution < -0.4 is 5.32 Å². The number of carbonyl (C=O) groups is 2. The Morgan fingerprint density at radius 1 is 1.42 bits per heavy atom. The largest absolute Gasteiger partial charge is 0.481 e. The SMILES string of the molecule is COCC(NC(=O)N1C[C@@H](C(F)(F)F)[C@H](C(=O)O)C1)C1CCCO1. The Bertz CT molecular complexity index is 468. The molecule has 7 nitrogen and oxygen atoms in total. The van der Waals surface area contributed by atoms with Crippen molar-refractivity contribution in [3.05, 3.63) is 0 Å². The van der Waals surface area contributed by atoms with Gasteiger partial charge in [0.05, 0.1) is 30.6 Å². The molecule has 0 spiro atoms. The van der Waals surface area contributed by atoms with Gasteiger partial charge in [-0.3, -0.25) is 4.79 Å². The molecule has 0 saturated carbocycles. The monoisotopic (exact) mass is 354 g/mol. The zero-order chi connectivity index (χ0) is 17.9. The summed E-state index contributed by atoms with van der Waals surface area (Å²) in [6, 6.07) is -1.22. The molecule has 10 heteroatoms. The number of nitrogens with one attached hydrogen (secondary N) is 1. The van der Waals surface area contributed by atoms with Crippen LogP contribution in [0.5, 0.6) is 0 Å².